The topological polar surface area (TPSA) is 32.3 Å². The van der Waals surface area contributed by atoms with Gasteiger partial charge in [0.2, 0.25) is 0 Å². The number of benzene rings is 11. The molecule has 2 aliphatic heterocycles. The van der Waals surface area contributed by atoms with Gasteiger partial charge < -0.3 is 9.80 Å². The summed E-state index contributed by atoms with van der Waals surface area (Å²) in [6.07, 6.45) is 0. The number of nitrogens with zero attached hydrogens (tertiary/aromatic N) is 4. The van der Waals surface area contributed by atoms with Crippen LogP contribution in [0.15, 0.2) is 224 Å². The van der Waals surface area contributed by atoms with Crippen molar-refractivity contribution < 1.29 is 0 Å². The van der Waals surface area contributed by atoms with Crippen LogP contribution in [0, 0.1) is 0 Å². The normalized spacial score (nSPS) is 12.8. The van der Waals surface area contributed by atoms with Gasteiger partial charge in [0.05, 0.1) is 11.2 Å². The van der Waals surface area contributed by atoms with E-state index in [2.05, 4.69) is 228 Å². The van der Waals surface area contributed by atoms with Crippen molar-refractivity contribution >= 4 is 111 Å². The summed E-state index contributed by atoms with van der Waals surface area (Å²) in [4.78, 5) is 15.7. The van der Waals surface area contributed by atoms with Crippen molar-refractivity contribution in [1.82, 2.24) is 9.97 Å². The lowest BCUT2D eigenvalue weighted by Gasteiger charge is -2.45. The van der Waals surface area contributed by atoms with E-state index in [1.165, 1.54) is 70.9 Å². The molecule has 14 rings (SSSR count). The molecule has 0 saturated heterocycles. The third-order valence-corrected chi connectivity index (χ3v) is 13.7. The van der Waals surface area contributed by atoms with E-state index in [4.69, 9.17) is 9.97 Å². The molecule has 65 heavy (non-hydrogen) atoms. The van der Waals surface area contributed by atoms with Crippen molar-refractivity contribution in [3.8, 4) is 22.6 Å². The molecule has 11 aromatic carbocycles. The first-order chi connectivity index (χ1) is 32.2. The van der Waals surface area contributed by atoms with Crippen molar-refractivity contribution in [2.45, 2.75) is 0 Å². The maximum atomic E-state index is 5.51. The van der Waals surface area contributed by atoms with Gasteiger partial charge in [-0.3, -0.25) is 0 Å². The first-order valence-corrected chi connectivity index (χ1v) is 22.4. The molecule has 1 aromatic heterocycles. The van der Waals surface area contributed by atoms with Gasteiger partial charge in [0.15, 0.2) is 5.82 Å². The molecule has 300 valence electrons. The lowest BCUT2D eigenvalue weighted by Crippen LogP contribution is -2.61. The maximum Gasteiger partial charge on any atom is 0.252 e. The van der Waals surface area contributed by atoms with Gasteiger partial charge in [-0.05, 0) is 115 Å². The molecule has 0 fully saturated rings. The molecule has 0 saturated carbocycles. The van der Waals surface area contributed by atoms with Crippen LogP contribution in [-0.4, -0.2) is 16.7 Å². The zero-order valence-electron chi connectivity index (χ0n) is 35.2. The monoisotopic (exact) mass is 824 g/mol. The van der Waals surface area contributed by atoms with Gasteiger partial charge in [-0.2, -0.15) is 0 Å². The number of anilines is 6. The zero-order valence-corrected chi connectivity index (χ0v) is 35.2. The second-order valence-corrected chi connectivity index (χ2v) is 17.3. The summed E-state index contributed by atoms with van der Waals surface area (Å²) in [6.45, 7) is -0.0762. The molecule has 0 N–H and O–H groups in total. The summed E-state index contributed by atoms with van der Waals surface area (Å²) in [7, 11) is 0. The van der Waals surface area contributed by atoms with E-state index < -0.39 is 0 Å². The Balaban J connectivity index is 1.17. The second kappa shape index (κ2) is 14.0. The standard InChI is InChI=1S/C60H37BN4/c1-4-16-38(17-5-1)60-62-53-27-15-14-26-48(53)57(63-60)45-36-54-56-55(37-45)65(47-24-8-3-9-25-47)59-50-35-42-21-13-11-19-40(42)33-44(50)29-31-52(59)61(56)51-30-28-43-32-39-18-10-12-20-41(39)34-49(43)58(51)64(54)46-22-6-2-7-23-46/h1-37H. The number of aromatic nitrogens is 2. The Morgan fingerprint density at radius 3 is 1.34 bits per heavy atom. The molecule has 0 unspecified atom stereocenters. The zero-order chi connectivity index (χ0) is 42.6. The van der Waals surface area contributed by atoms with E-state index in [9.17, 15) is 0 Å². The molecule has 4 nitrogen and oxygen atoms in total. The Bertz CT molecular complexity index is 3720. The van der Waals surface area contributed by atoms with Crippen LogP contribution in [0.2, 0.25) is 0 Å². The molecule has 0 bridgehead atoms. The predicted octanol–water partition coefficient (Wildman–Crippen LogP) is 13.7. The van der Waals surface area contributed by atoms with Gasteiger partial charge >= 0.3 is 0 Å². The van der Waals surface area contributed by atoms with Crippen LogP contribution in [0.5, 0.6) is 0 Å². The average molecular weight is 825 g/mol. The second-order valence-electron chi connectivity index (χ2n) is 17.3. The number of hydrogen-bond acceptors (Lipinski definition) is 4. The van der Waals surface area contributed by atoms with Crippen LogP contribution in [0.3, 0.4) is 0 Å². The summed E-state index contributed by atoms with van der Waals surface area (Å²) in [5.41, 5.74) is 14.5. The predicted molar refractivity (Wildman–Crippen MR) is 274 cm³/mol. The number of hydrogen-bond donors (Lipinski definition) is 0. The Hall–Kier alpha value is -8.54. The Morgan fingerprint density at radius 2 is 0.800 bits per heavy atom. The molecule has 0 amide bonds. The van der Waals surface area contributed by atoms with Crippen molar-refractivity contribution in [3.63, 3.8) is 0 Å². The number of para-hydroxylation sites is 3. The molecule has 2 aliphatic rings. The Labute approximate surface area is 376 Å². The smallest absolute Gasteiger partial charge is 0.252 e. The van der Waals surface area contributed by atoms with Gasteiger partial charge in [0.1, 0.15) is 0 Å². The first-order valence-electron chi connectivity index (χ1n) is 22.4. The van der Waals surface area contributed by atoms with Crippen LogP contribution in [-0.2, 0) is 0 Å². The highest BCUT2D eigenvalue weighted by Crippen LogP contribution is 2.50. The molecule has 0 atom stereocenters. The van der Waals surface area contributed by atoms with Crippen molar-refractivity contribution in [2.24, 2.45) is 0 Å². The summed E-state index contributed by atoms with van der Waals surface area (Å²) >= 11 is 0. The van der Waals surface area contributed by atoms with Crippen molar-refractivity contribution in [3.05, 3.63) is 224 Å². The van der Waals surface area contributed by atoms with Crippen LogP contribution in [0.25, 0.3) is 76.6 Å². The number of rotatable bonds is 4. The van der Waals surface area contributed by atoms with E-state index in [1.807, 2.05) is 6.07 Å². The van der Waals surface area contributed by atoms with Crippen molar-refractivity contribution in [1.29, 1.82) is 0 Å². The fourth-order valence-corrected chi connectivity index (χ4v) is 10.8. The molecular weight excluding hydrogens is 787 g/mol. The van der Waals surface area contributed by atoms with E-state index in [0.717, 1.165) is 50.5 Å². The summed E-state index contributed by atoms with van der Waals surface area (Å²) in [5.74, 6) is 0.704. The van der Waals surface area contributed by atoms with Gasteiger partial charge in [-0.1, -0.05) is 158 Å². The average Bonchev–Trinajstić information content (AvgIpc) is 3.37. The fraction of sp³-hybridized carbons (Fsp3) is 0. The Kier molecular flexibility index (Phi) is 7.75. The van der Waals surface area contributed by atoms with Crippen LogP contribution in [0.1, 0.15) is 0 Å². The molecule has 12 aromatic rings. The molecule has 0 spiro atoms. The molecule has 3 heterocycles. The Morgan fingerprint density at radius 1 is 0.338 bits per heavy atom. The maximum absolute atomic E-state index is 5.51. The molecule has 5 heteroatoms. The summed E-state index contributed by atoms with van der Waals surface area (Å²) in [6, 6.07) is 82.0. The van der Waals surface area contributed by atoms with Gasteiger partial charge in [0.25, 0.3) is 6.71 Å². The minimum absolute atomic E-state index is 0.0762. The SMILES string of the molecule is c1ccc(-c2nc(-c3cc4c5c(c3)N(c3ccccc3)c3c(ccc6cc7ccccc7cc36)B5c3ccc5cc6ccccc6cc5c3N4c3ccccc3)c3ccccc3n2)cc1. The highest BCUT2D eigenvalue weighted by molar-refractivity contribution is 7.00. The van der Waals surface area contributed by atoms with Crippen LogP contribution in [0.4, 0.5) is 34.1 Å². The first kappa shape index (κ1) is 36.0. The highest BCUT2D eigenvalue weighted by atomic mass is 15.2. The van der Waals surface area contributed by atoms with E-state index in [1.54, 1.807) is 0 Å². The molecule has 0 radical (unpaired) electrons. The minimum Gasteiger partial charge on any atom is -0.311 e. The van der Waals surface area contributed by atoms with Gasteiger partial charge in [0, 0.05) is 61.4 Å². The molecular formula is C60H37BN4. The van der Waals surface area contributed by atoms with Crippen LogP contribution >= 0.6 is 0 Å². The lowest BCUT2D eigenvalue weighted by molar-refractivity contribution is 1.22. The highest BCUT2D eigenvalue weighted by Gasteiger charge is 2.45. The largest absolute Gasteiger partial charge is 0.311 e. The third kappa shape index (κ3) is 5.46. The fourth-order valence-electron chi connectivity index (χ4n) is 10.8. The van der Waals surface area contributed by atoms with E-state index in [0.29, 0.717) is 5.82 Å². The van der Waals surface area contributed by atoms with E-state index >= 15 is 0 Å². The van der Waals surface area contributed by atoms with E-state index in [-0.39, 0.29) is 6.71 Å². The number of fused-ring (bicyclic) bond motifs is 11. The van der Waals surface area contributed by atoms with Gasteiger partial charge in [-0.25, -0.2) is 9.97 Å². The minimum atomic E-state index is -0.0762. The summed E-state index contributed by atoms with van der Waals surface area (Å²) in [5, 5.41) is 10.8. The van der Waals surface area contributed by atoms with Crippen LogP contribution < -0.4 is 26.2 Å². The molecule has 0 aliphatic carbocycles. The summed E-state index contributed by atoms with van der Waals surface area (Å²) < 4.78 is 0. The van der Waals surface area contributed by atoms with Crippen molar-refractivity contribution in [2.75, 3.05) is 9.80 Å². The quantitative estimate of drug-likeness (QED) is 0.131. The third-order valence-electron chi connectivity index (χ3n) is 13.7. The lowest BCUT2D eigenvalue weighted by atomic mass is 9.33. The van der Waals surface area contributed by atoms with Gasteiger partial charge in [-0.15, -0.1) is 0 Å².